The second-order valence-corrected chi connectivity index (χ2v) is 5.07. The molecule has 0 amide bonds. The number of fused-ring (bicyclic) bond motifs is 1. The summed E-state index contributed by atoms with van der Waals surface area (Å²) in [6.07, 6.45) is 1.05. The number of nitrogens with zero attached hydrogens (tertiary/aromatic N) is 1. The van der Waals surface area contributed by atoms with E-state index in [9.17, 15) is 8.42 Å². The lowest BCUT2D eigenvalue weighted by molar-refractivity contribution is 0.174. The molecule has 0 spiro atoms. The third kappa shape index (κ3) is 1.62. The van der Waals surface area contributed by atoms with E-state index in [1.807, 2.05) is 6.07 Å². The van der Waals surface area contributed by atoms with Crippen LogP contribution in [0.15, 0.2) is 17.0 Å². The first-order chi connectivity index (χ1) is 7.02. The molecule has 0 radical (unpaired) electrons. The van der Waals surface area contributed by atoms with Crippen LogP contribution in [-0.2, 0) is 9.84 Å². The van der Waals surface area contributed by atoms with Crippen molar-refractivity contribution < 1.29 is 17.9 Å². The zero-order valence-electron chi connectivity index (χ0n) is 7.85. The maximum atomic E-state index is 11.4. The Labute approximate surface area is 86.8 Å². The number of ether oxygens (including phenoxy) is 2. The quantitative estimate of drug-likeness (QED) is 0.702. The maximum Gasteiger partial charge on any atom is 0.231 e. The molecule has 0 atom stereocenters. The summed E-state index contributed by atoms with van der Waals surface area (Å²) in [5.41, 5.74) is 0.0711. The average molecular weight is 225 g/mol. The summed E-state index contributed by atoms with van der Waals surface area (Å²) in [6.45, 7) is 0.0490. The van der Waals surface area contributed by atoms with Crippen molar-refractivity contribution in [2.45, 2.75) is 4.90 Å². The van der Waals surface area contributed by atoms with Crippen LogP contribution in [0.1, 0.15) is 5.56 Å². The topological polar surface area (TPSA) is 76.4 Å². The molecule has 6 heteroatoms. The fourth-order valence-electron chi connectivity index (χ4n) is 1.32. The predicted molar refractivity (Wildman–Crippen MR) is 50.4 cm³/mol. The SMILES string of the molecule is CS(=O)(=O)c1cc2c(cc1C#N)OCO2. The van der Waals surface area contributed by atoms with Gasteiger partial charge in [0.25, 0.3) is 0 Å². The molecule has 0 bridgehead atoms. The Bertz CT molecular complexity index is 556. The number of benzene rings is 1. The van der Waals surface area contributed by atoms with Gasteiger partial charge in [-0.15, -0.1) is 0 Å². The Balaban J connectivity index is 2.71. The van der Waals surface area contributed by atoms with Gasteiger partial charge in [-0.2, -0.15) is 5.26 Å². The molecule has 1 aliphatic rings. The van der Waals surface area contributed by atoms with E-state index in [2.05, 4.69) is 0 Å². The van der Waals surface area contributed by atoms with Gasteiger partial charge in [-0.1, -0.05) is 0 Å². The van der Waals surface area contributed by atoms with Gasteiger partial charge in [-0.3, -0.25) is 0 Å². The van der Waals surface area contributed by atoms with Crippen LogP contribution in [0.4, 0.5) is 0 Å². The number of sulfone groups is 1. The molecule has 1 aromatic carbocycles. The molecule has 0 fully saturated rings. The second kappa shape index (κ2) is 3.14. The first kappa shape index (κ1) is 9.80. The number of nitriles is 1. The molecule has 15 heavy (non-hydrogen) atoms. The Morgan fingerprint density at radius 1 is 1.33 bits per heavy atom. The molecule has 5 nitrogen and oxygen atoms in total. The molecule has 1 aliphatic heterocycles. The van der Waals surface area contributed by atoms with Gasteiger partial charge in [0.15, 0.2) is 21.3 Å². The molecule has 0 aliphatic carbocycles. The van der Waals surface area contributed by atoms with Gasteiger partial charge >= 0.3 is 0 Å². The third-order valence-electron chi connectivity index (χ3n) is 1.99. The highest BCUT2D eigenvalue weighted by Gasteiger charge is 2.21. The van der Waals surface area contributed by atoms with Crippen molar-refractivity contribution in [3.8, 4) is 17.6 Å². The lowest BCUT2D eigenvalue weighted by atomic mass is 10.2. The van der Waals surface area contributed by atoms with Gasteiger partial charge in [-0.05, 0) is 0 Å². The molecule has 0 aromatic heterocycles. The van der Waals surface area contributed by atoms with E-state index in [0.717, 1.165) is 6.26 Å². The fourth-order valence-corrected chi connectivity index (χ4v) is 2.14. The minimum atomic E-state index is -3.43. The minimum Gasteiger partial charge on any atom is -0.454 e. The largest absolute Gasteiger partial charge is 0.454 e. The van der Waals surface area contributed by atoms with E-state index in [0.29, 0.717) is 11.5 Å². The summed E-state index contributed by atoms with van der Waals surface area (Å²) >= 11 is 0. The summed E-state index contributed by atoms with van der Waals surface area (Å²) < 4.78 is 32.8. The summed E-state index contributed by atoms with van der Waals surface area (Å²) in [6, 6.07) is 4.51. The van der Waals surface area contributed by atoms with Crippen molar-refractivity contribution >= 4 is 9.84 Å². The Morgan fingerprint density at radius 3 is 2.47 bits per heavy atom. The molecule has 0 unspecified atom stereocenters. The van der Waals surface area contributed by atoms with Gasteiger partial charge in [0, 0.05) is 18.4 Å². The second-order valence-electron chi connectivity index (χ2n) is 3.09. The van der Waals surface area contributed by atoms with Crippen molar-refractivity contribution in [1.29, 1.82) is 5.26 Å². The normalized spacial score (nSPS) is 13.6. The lowest BCUT2D eigenvalue weighted by Gasteiger charge is -2.02. The van der Waals surface area contributed by atoms with E-state index in [-0.39, 0.29) is 17.3 Å². The van der Waals surface area contributed by atoms with Crippen LogP contribution in [-0.4, -0.2) is 21.5 Å². The molecule has 2 rings (SSSR count). The van der Waals surface area contributed by atoms with E-state index < -0.39 is 9.84 Å². The number of rotatable bonds is 1. The van der Waals surface area contributed by atoms with Crippen LogP contribution in [0.5, 0.6) is 11.5 Å². The number of hydrogen-bond donors (Lipinski definition) is 0. The van der Waals surface area contributed by atoms with Crippen LogP contribution in [0.25, 0.3) is 0 Å². The van der Waals surface area contributed by atoms with E-state index in [1.54, 1.807) is 0 Å². The van der Waals surface area contributed by atoms with Crippen LogP contribution >= 0.6 is 0 Å². The van der Waals surface area contributed by atoms with Gasteiger partial charge in [0.05, 0.1) is 10.5 Å². The first-order valence-electron chi connectivity index (χ1n) is 4.06. The average Bonchev–Trinajstić information content (AvgIpc) is 2.60. The third-order valence-corrected chi connectivity index (χ3v) is 3.13. The van der Waals surface area contributed by atoms with Crippen molar-refractivity contribution in [2.75, 3.05) is 13.0 Å². The molecule has 78 valence electrons. The van der Waals surface area contributed by atoms with Crippen LogP contribution < -0.4 is 9.47 Å². The van der Waals surface area contributed by atoms with Crippen molar-refractivity contribution in [2.24, 2.45) is 0 Å². The highest BCUT2D eigenvalue weighted by atomic mass is 32.2. The molecule has 0 N–H and O–H groups in total. The van der Waals surface area contributed by atoms with Gasteiger partial charge in [0.2, 0.25) is 6.79 Å². The van der Waals surface area contributed by atoms with Crippen molar-refractivity contribution in [3.05, 3.63) is 17.7 Å². The van der Waals surface area contributed by atoms with Crippen LogP contribution in [0.3, 0.4) is 0 Å². The standard InChI is InChI=1S/C9H7NO4S/c1-15(11,12)9-3-8-7(13-5-14-8)2-6(9)4-10/h2-3H,5H2,1H3. The number of hydrogen-bond acceptors (Lipinski definition) is 5. The van der Waals surface area contributed by atoms with E-state index >= 15 is 0 Å². The first-order valence-corrected chi connectivity index (χ1v) is 5.95. The van der Waals surface area contributed by atoms with Crippen LogP contribution in [0, 0.1) is 11.3 Å². The molecule has 0 saturated carbocycles. The highest BCUT2D eigenvalue weighted by Crippen LogP contribution is 2.36. The van der Waals surface area contributed by atoms with Gasteiger partial charge in [-0.25, -0.2) is 8.42 Å². The Hall–Kier alpha value is -1.74. The summed E-state index contributed by atoms with van der Waals surface area (Å²) in [5.74, 6) is 0.758. The molecule has 0 saturated heterocycles. The summed E-state index contributed by atoms with van der Waals surface area (Å²) in [5, 5.41) is 8.80. The van der Waals surface area contributed by atoms with E-state index in [1.165, 1.54) is 12.1 Å². The molecule has 1 heterocycles. The van der Waals surface area contributed by atoms with Crippen molar-refractivity contribution in [3.63, 3.8) is 0 Å². The van der Waals surface area contributed by atoms with Crippen LogP contribution in [0.2, 0.25) is 0 Å². The zero-order chi connectivity index (χ0) is 11.1. The fraction of sp³-hybridized carbons (Fsp3) is 0.222. The Kier molecular flexibility index (Phi) is 2.05. The van der Waals surface area contributed by atoms with E-state index in [4.69, 9.17) is 14.7 Å². The monoisotopic (exact) mass is 225 g/mol. The summed E-state index contributed by atoms with van der Waals surface area (Å²) in [4.78, 5) is -0.0331. The smallest absolute Gasteiger partial charge is 0.231 e. The van der Waals surface area contributed by atoms with Gasteiger partial charge < -0.3 is 9.47 Å². The minimum absolute atomic E-state index is 0.0331. The molecular weight excluding hydrogens is 218 g/mol. The molecule has 1 aromatic rings. The maximum absolute atomic E-state index is 11.4. The van der Waals surface area contributed by atoms with Crippen molar-refractivity contribution in [1.82, 2.24) is 0 Å². The summed E-state index contributed by atoms with van der Waals surface area (Å²) in [7, 11) is -3.43. The van der Waals surface area contributed by atoms with Gasteiger partial charge in [0.1, 0.15) is 6.07 Å². The molecular formula is C9H7NO4S. The zero-order valence-corrected chi connectivity index (χ0v) is 8.67. The highest BCUT2D eigenvalue weighted by molar-refractivity contribution is 7.90. The Morgan fingerprint density at radius 2 is 1.93 bits per heavy atom. The predicted octanol–water partition coefficient (Wildman–Crippen LogP) is 0.690. The lowest BCUT2D eigenvalue weighted by Crippen LogP contribution is -2.00.